The normalized spacial score (nSPS) is 32.5. The Bertz CT molecular complexity index is 356. The summed E-state index contributed by atoms with van der Waals surface area (Å²) >= 11 is 0. The fraction of sp³-hybridized carbons (Fsp3) is 0.941. The third-order valence-corrected chi connectivity index (χ3v) is 5.96. The summed E-state index contributed by atoms with van der Waals surface area (Å²) < 4.78 is 5.92. The molecule has 2 saturated heterocycles. The molecule has 4 nitrogen and oxygen atoms in total. The highest BCUT2D eigenvalue weighted by molar-refractivity contribution is 5.77. The largest absolute Gasteiger partial charge is 0.368 e. The molecule has 3 fully saturated rings. The van der Waals surface area contributed by atoms with E-state index in [1.54, 1.807) is 0 Å². The number of nitrogens with zero attached hydrogens (tertiary/aromatic N) is 1. The minimum absolute atomic E-state index is 0.202. The summed E-state index contributed by atoms with van der Waals surface area (Å²) in [6.07, 6.45) is 8.85. The first-order chi connectivity index (χ1) is 10.2. The summed E-state index contributed by atoms with van der Waals surface area (Å²) in [7, 11) is 0. The SMILES string of the molecule is CC1CCCCC1OCC(=O)N1CCC2(CCNC2)CC1. The molecule has 1 amide bonds. The summed E-state index contributed by atoms with van der Waals surface area (Å²) in [5, 5.41) is 3.47. The Morgan fingerprint density at radius 3 is 2.67 bits per heavy atom. The number of rotatable bonds is 3. The van der Waals surface area contributed by atoms with Gasteiger partial charge in [-0.25, -0.2) is 0 Å². The number of carbonyl (C=O) groups excluding carboxylic acids is 1. The van der Waals surface area contributed by atoms with Gasteiger partial charge in [-0.1, -0.05) is 19.8 Å². The van der Waals surface area contributed by atoms with Crippen LogP contribution in [0.4, 0.5) is 0 Å². The Morgan fingerprint density at radius 2 is 2.00 bits per heavy atom. The molecule has 1 aliphatic carbocycles. The smallest absolute Gasteiger partial charge is 0.248 e. The van der Waals surface area contributed by atoms with Crippen molar-refractivity contribution in [1.82, 2.24) is 10.2 Å². The Morgan fingerprint density at radius 1 is 1.24 bits per heavy atom. The van der Waals surface area contributed by atoms with E-state index in [1.165, 1.54) is 25.7 Å². The molecule has 2 heterocycles. The third-order valence-electron chi connectivity index (χ3n) is 5.96. The first-order valence-electron chi connectivity index (χ1n) is 8.79. The first kappa shape index (κ1) is 15.3. The number of likely N-dealkylation sites (tertiary alicyclic amines) is 1. The minimum atomic E-state index is 0.202. The van der Waals surface area contributed by atoms with Crippen LogP contribution in [0.5, 0.6) is 0 Å². The second kappa shape index (κ2) is 6.66. The molecule has 0 aromatic heterocycles. The van der Waals surface area contributed by atoms with Gasteiger partial charge in [0.15, 0.2) is 0 Å². The molecular weight excluding hydrogens is 264 g/mol. The number of hydrogen-bond acceptors (Lipinski definition) is 3. The fourth-order valence-electron chi connectivity index (χ4n) is 4.25. The van der Waals surface area contributed by atoms with E-state index in [1.807, 2.05) is 4.90 Å². The number of piperidine rings is 1. The van der Waals surface area contributed by atoms with Crippen LogP contribution in [-0.4, -0.2) is 49.7 Å². The van der Waals surface area contributed by atoms with E-state index in [0.717, 1.165) is 45.4 Å². The summed E-state index contributed by atoms with van der Waals surface area (Å²) in [6.45, 7) is 6.68. The van der Waals surface area contributed by atoms with Gasteiger partial charge in [-0.05, 0) is 50.0 Å². The molecule has 3 rings (SSSR count). The number of ether oxygens (including phenoxy) is 1. The van der Waals surface area contributed by atoms with Crippen LogP contribution >= 0.6 is 0 Å². The highest BCUT2D eigenvalue weighted by Crippen LogP contribution is 2.37. The van der Waals surface area contributed by atoms with Gasteiger partial charge in [-0.3, -0.25) is 4.79 Å². The van der Waals surface area contributed by atoms with Gasteiger partial charge >= 0.3 is 0 Å². The predicted octanol–water partition coefficient (Wildman–Crippen LogP) is 2.18. The summed E-state index contributed by atoms with van der Waals surface area (Å²) in [5.74, 6) is 0.814. The highest BCUT2D eigenvalue weighted by Gasteiger charge is 2.38. The zero-order chi connectivity index (χ0) is 14.7. The highest BCUT2D eigenvalue weighted by atomic mass is 16.5. The second-order valence-corrected chi connectivity index (χ2v) is 7.42. The average molecular weight is 294 g/mol. The molecule has 2 unspecified atom stereocenters. The van der Waals surface area contributed by atoms with Gasteiger partial charge in [0.1, 0.15) is 6.61 Å². The van der Waals surface area contributed by atoms with E-state index in [2.05, 4.69) is 12.2 Å². The van der Waals surface area contributed by atoms with Crippen molar-refractivity contribution in [3.63, 3.8) is 0 Å². The van der Waals surface area contributed by atoms with Crippen LogP contribution < -0.4 is 5.32 Å². The number of carbonyl (C=O) groups is 1. The molecule has 0 bridgehead atoms. The third kappa shape index (κ3) is 3.59. The topological polar surface area (TPSA) is 41.6 Å². The summed E-state index contributed by atoms with van der Waals surface area (Å²) in [5.41, 5.74) is 0.482. The molecule has 1 spiro atoms. The molecule has 1 saturated carbocycles. The van der Waals surface area contributed by atoms with Gasteiger partial charge in [0.25, 0.3) is 0 Å². The van der Waals surface area contributed by atoms with Gasteiger partial charge < -0.3 is 15.0 Å². The van der Waals surface area contributed by atoms with E-state index in [0.29, 0.717) is 24.0 Å². The molecule has 0 aromatic carbocycles. The molecule has 3 aliphatic rings. The molecule has 1 N–H and O–H groups in total. The maximum atomic E-state index is 12.3. The van der Waals surface area contributed by atoms with Gasteiger partial charge in [0, 0.05) is 19.6 Å². The fourth-order valence-corrected chi connectivity index (χ4v) is 4.25. The van der Waals surface area contributed by atoms with Gasteiger partial charge in [0.05, 0.1) is 6.10 Å². The lowest BCUT2D eigenvalue weighted by Gasteiger charge is -2.39. The Hall–Kier alpha value is -0.610. The van der Waals surface area contributed by atoms with E-state index >= 15 is 0 Å². The molecule has 2 aliphatic heterocycles. The molecule has 0 radical (unpaired) electrons. The van der Waals surface area contributed by atoms with Crippen LogP contribution in [-0.2, 0) is 9.53 Å². The molecule has 21 heavy (non-hydrogen) atoms. The average Bonchev–Trinajstić information content (AvgIpc) is 2.95. The predicted molar refractivity (Wildman–Crippen MR) is 83.1 cm³/mol. The van der Waals surface area contributed by atoms with Crippen LogP contribution in [0.1, 0.15) is 51.9 Å². The quantitative estimate of drug-likeness (QED) is 0.867. The summed E-state index contributed by atoms with van der Waals surface area (Å²) in [6, 6.07) is 0. The molecule has 2 atom stereocenters. The molecule has 4 heteroatoms. The molecular formula is C17H30N2O2. The Labute approximate surface area is 128 Å². The summed E-state index contributed by atoms with van der Waals surface area (Å²) in [4.78, 5) is 14.4. The molecule has 120 valence electrons. The van der Waals surface area contributed by atoms with E-state index < -0.39 is 0 Å². The lowest BCUT2D eigenvalue weighted by Crippen LogP contribution is -2.45. The van der Waals surface area contributed by atoms with Gasteiger partial charge in [-0.2, -0.15) is 0 Å². The Balaban J connectivity index is 1.42. The van der Waals surface area contributed by atoms with Crippen LogP contribution in [0.25, 0.3) is 0 Å². The van der Waals surface area contributed by atoms with Gasteiger partial charge in [0.2, 0.25) is 5.91 Å². The lowest BCUT2D eigenvalue weighted by atomic mass is 9.78. The van der Waals surface area contributed by atoms with Crippen molar-refractivity contribution >= 4 is 5.91 Å². The van der Waals surface area contributed by atoms with Crippen LogP contribution in [0.2, 0.25) is 0 Å². The van der Waals surface area contributed by atoms with E-state index in [9.17, 15) is 4.79 Å². The number of hydrogen-bond donors (Lipinski definition) is 1. The number of amides is 1. The van der Waals surface area contributed by atoms with Gasteiger partial charge in [-0.15, -0.1) is 0 Å². The second-order valence-electron chi connectivity index (χ2n) is 7.42. The van der Waals surface area contributed by atoms with Crippen LogP contribution in [0, 0.1) is 11.3 Å². The van der Waals surface area contributed by atoms with E-state index in [4.69, 9.17) is 4.74 Å². The van der Waals surface area contributed by atoms with E-state index in [-0.39, 0.29) is 5.91 Å². The monoisotopic (exact) mass is 294 g/mol. The lowest BCUT2D eigenvalue weighted by molar-refractivity contribution is -0.142. The van der Waals surface area contributed by atoms with Crippen LogP contribution in [0.15, 0.2) is 0 Å². The zero-order valence-electron chi connectivity index (χ0n) is 13.4. The van der Waals surface area contributed by atoms with Crippen molar-refractivity contribution in [2.75, 3.05) is 32.8 Å². The van der Waals surface area contributed by atoms with Crippen molar-refractivity contribution in [3.05, 3.63) is 0 Å². The van der Waals surface area contributed by atoms with Crippen molar-refractivity contribution in [2.24, 2.45) is 11.3 Å². The van der Waals surface area contributed by atoms with Crippen molar-refractivity contribution in [1.29, 1.82) is 0 Å². The van der Waals surface area contributed by atoms with Crippen LogP contribution in [0.3, 0.4) is 0 Å². The first-order valence-corrected chi connectivity index (χ1v) is 8.79. The maximum absolute atomic E-state index is 12.3. The standard InChI is InChI=1S/C17H30N2O2/c1-14-4-2-3-5-15(14)21-12-16(20)19-10-7-17(8-11-19)6-9-18-13-17/h14-15,18H,2-13H2,1H3. The van der Waals surface area contributed by atoms with Crippen molar-refractivity contribution < 1.29 is 9.53 Å². The Kier molecular flexibility index (Phi) is 4.85. The number of nitrogens with one attached hydrogen (secondary N) is 1. The van der Waals surface area contributed by atoms with Crippen molar-refractivity contribution in [3.8, 4) is 0 Å². The maximum Gasteiger partial charge on any atom is 0.248 e. The van der Waals surface area contributed by atoms with Crippen molar-refractivity contribution in [2.45, 2.75) is 58.0 Å². The molecule has 0 aromatic rings. The zero-order valence-corrected chi connectivity index (χ0v) is 13.4. The minimum Gasteiger partial charge on any atom is -0.368 e.